The van der Waals surface area contributed by atoms with Crippen LogP contribution in [0.5, 0.6) is 11.6 Å². The molecule has 33 heavy (non-hydrogen) atoms. The Balaban J connectivity index is 0.00000272. The first kappa shape index (κ1) is 28.6. The van der Waals surface area contributed by atoms with E-state index in [4.69, 9.17) is 21.4 Å². The number of pyridine rings is 1. The molecule has 0 radical (unpaired) electrons. The highest BCUT2D eigenvalue weighted by atomic mass is 35.5. The summed E-state index contributed by atoms with van der Waals surface area (Å²) in [4.78, 5) is 14.8. The van der Waals surface area contributed by atoms with Crippen molar-refractivity contribution in [2.75, 3.05) is 13.2 Å². The van der Waals surface area contributed by atoms with Crippen LogP contribution in [0.25, 0.3) is 0 Å². The van der Waals surface area contributed by atoms with Gasteiger partial charge in [-0.1, -0.05) is 35.9 Å². The van der Waals surface area contributed by atoms with Crippen LogP contribution in [0.3, 0.4) is 0 Å². The van der Waals surface area contributed by atoms with Gasteiger partial charge in [0.2, 0.25) is 5.88 Å². The molecule has 1 heterocycles. The molecule has 0 aliphatic heterocycles. The molecule has 0 unspecified atom stereocenters. The van der Waals surface area contributed by atoms with E-state index in [9.17, 15) is 15.0 Å². The number of hydrogen-bond acceptors (Lipinski definition) is 6. The van der Waals surface area contributed by atoms with E-state index < -0.39 is 12.1 Å². The summed E-state index contributed by atoms with van der Waals surface area (Å²) < 4.78 is 5.62. The molecule has 10 heteroatoms. The molecule has 0 saturated carbocycles. The number of rotatable bonds is 10. The fraction of sp³-hybridized carbons (Fsp3) is 0.217. The van der Waals surface area contributed by atoms with E-state index in [0.717, 1.165) is 5.56 Å². The van der Waals surface area contributed by atoms with Gasteiger partial charge in [0, 0.05) is 29.9 Å². The number of aromatic nitrogens is 1. The monoisotopic (exact) mass is 514 g/mol. The quantitative estimate of drug-likeness (QED) is 0.318. The summed E-state index contributed by atoms with van der Waals surface area (Å²) >= 11 is 5.96. The zero-order valence-electron chi connectivity index (χ0n) is 17.4. The number of nitrogens with one attached hydrogen (secondary N) is 1. The van der Waals surface area contributed by atoms with Crippen molar-refractivity contribution >= 4 is 42.4 Å². The van der Waals surface area contributed by atoms with E-state index in [2.05, 4.69) is 10.3 Å². The van der Waals surface area contributed by atoms with Gasteiger partial charge < -0.3 is 25.4 Å². The fourth-order valence-electron chi connectivity index (χ4n) is 2.98. The third kappa shape index (κ3) is 8.81. The van der Waals surface area contributed by atoms with Gasteiger partial charge in [0.1, 0.15) is 5.75 Å². The number of nitrogens with zero attached hydrogens (tertiary/aromatic N) is 1. The Morgan fingerprint density at radius 1 is 1.09 bits per heavy atom. The van der Waals surface area contributed by atoms with E-state index in [0.29, 0.717) is 28.6 Å². The molecule has 0 aliphatic carbocycles. The molecule has 0 bridgehead atoms. The van der Waals surface area contributed by atoms with Crippen LogP contribution in [-0.4, -0.2) is 45.5 Å². The van der Waals surface area contributed by atoms with Crippen molar-refractivity contribution in [2.24, 2.45) is 0 Å². The van der Waals surface area contributed by atoms with Crippen LogP contribution < -0.4 is 10.1 Å². The van der Waals surface area contributed by atoms with Crippen LogP contribution >= 0.6 is 36.4 Å². The Bertz CT molecular complexity index is 1000. The molecule has 2 aromatic carbocycles. The second kappa shape index (κ2) is 14.0. The van der Waals surface area contributed by atoms with Crippen LogP contribution in [-0.2, 0) is 6.42 Å². The van der Waals surface area contributed by atoms with Gasteiger partial charge in [0.25, 0.3) is 0 Å². The first-order chi connectivity index (χ1) is 14.9. The maximum absolute atomic E-state index is 10.9. The third-order valence-corrected chi connectivity index (χ3v) is 4.90. The van der Waals surface area contributed by atoms with E-state index in [1.807, 2.05) is 12.1 Å². The number of carbonyl (C=O) groups is 1. The Labute approximate surface area is 209 Å². The maximum Gasteiger partial charge on any atom is 0.337 e. The van der Waals surface area contributed by atoms with E-state index >= 15 is 0 Å². The molecule has 0 fully saturated rings. The van der Waals surface area contributed by atoms with Crippen molar-refractivity contribution in [1.29, 1.82) is 0 Å². The van der Waals surface area contributed by atoms with E-state index in [1.165, 1.54) is 18.3 Å². The fourth-order valence-corrected chi connectivity index (χ4v) is 3.18. The van der Waals surface area contributed by atoms with Crippen molar-refractivity contribution in [1.82, 2.24) is 10.3 Å². The molecule has 2 atom stereocenters. The third-order valence-electron chi connectivity index (χ3n) is 4.66. The number of aliphatic hydroxyl groups excluding tert-OH is 2. The Hall–Kier alpha value is -2.39. The lowest BCUT2D eigenvalue weighted by molar-refractivity contribution is 0.0696. The summed E-state index contributed by atoms with van der Waals surface area (Å²) in [5.74, 6) is -0.192. The highest BCUT2D eigenvalue weighted by molar-refractivity contribution is 6.30. The number of aliphatic hydroxyl groups is 2. The van der Waals surface area contributed by atoms with Crippen LogP contribution in [0.2, 0.25) is 5.02 Å². The van der Waals surface area contributed by atoms with Gasteiger partial charge in [-0.2, -0.15) is 0 Å². The SMILES string of the molecule is Cl.Cl.O=C(O)c1ccc(Oc2ccc(C[C@@H](CO)NC[C@@H](O)c3cccc(Cl)c3)cc2)nc1. The lowest BCUT2D eigenvalue weighted by atomic mass is 10.1. The van der Waals surface area contributed by atoms with Gasteiger partial charge in [-0.15, -0.1) is 24.8 Å². The number of halogens is 3. The normalized spacial score (nSPS) is 12.1. The second-order valence-corrected chi connectivity index (χ2v) is 7.44. The minimum absolute atomic E-state index is 0. The molecule has 1 aromatic heterocycles. The summed E-state index contributed by atoms with van der Waals surface area (Å²) in [5, 5.41) is 32.6. The van der Waals surface area contributed by atoms with Gasteiger partial charge in [-0.05, 0) is 47.9 Å². The van der Waals surface area contributed by atoms with Crippen LogP contribution in [0, 0.1) is 0 Å². The number of benzene rings is 2. The number of hydrogen-bond donors (Lipinski definition) is 4. The van der Waals surface area contributed by atoms with Crippen molar-refractivity contribution in [3.8, 4) is 11.6 Å². The van der Waals surface area contributed by atoms with Gasteiger partial charge >= 0.3 is 5.97 Å². The standard InChI is InChI=1S/C23H23ClN2O5.2ClH/c24-18-3-1-2-16(11-18)21(28)13-25-19(14-27)10-15-4-7-20(8-5-15)31-22-9-6-17(12-26-22)23(29)30;;/h1-9,11-12,19,21,25,27-28H,10,13-14H2,(H,29,30);2*1H/t19-,21+;;/m0../s1. The Morgan fingerprint density at radius 3 is 2.39 bits per heavy atom. The Kier molecular flexibility index (Phi) is 12.2. The number of aromatic carboxylic acids is 1. The number of carboxylic acid groups (broad SMARTS) is 1. The molecule has 178 valence electrons. The molecule has 0 saturated heterocycles. The summed E-state index contributed by atoms with van der Waals surface area (Å²) in [6, 6.07) is 17.0. The van der Waals surface area contributed by atoms with Crippen LogP contribution in [0.15, 0.2) is 66.9 Å². The lowest BCUT2D eigenvalue weighted by Crippen LogP contribution is -2.37. The van der Waals surface area contributed by atoms with E-state index in [1.54, 1.807) is 36.4 Å². The summed E-state index contributed by atoms with van der Waals surface area (Å²) in [6.45, 7) is 0.200. The first-order valence-corrected chi connectivity index (χ1v) is 10.1. The van der Waals surface area contributed by atoms with Gasteiger partial charge in [0.05, 0.1) is 18.3 Å². The van der Waals surface area contributed by atoms with Gasteiger partial charge in [0.15, 0.2) is 0 Å². The topological polar surface area (TPSA) is 112 Å². The zero-order valence-corrected chi connectivity index (χ0v) is 19.8. The summed E-state index contributed by atoms with van der Waals surface area (Å²) in [7, 11) is 0. The lowest BCUT2D eigenvalue weighted by Gasteiger charge is -2.19. The molecule has 4 N–H and O–H groups in total. The van der Waals surface area contributed by atoms with Crippen molar-refractivity contribution < 1.29 is 24.9 Å². The minimum Gasteiger partial charge on any atom is -0.478 e. The molecular formula is C23H25Cl3N2O5. The zero-order chi connectivity index (χ0) is 22.2. The van der Waals surface area contributed by atoms with Crippen molar-refractivity contribution in [3.63, 3.8) is 0 Å². The van der Waals surface area contributed by atoms with Crippen molar-refractivity contribution in [3.05, 3.63) is 88.6 Å². The Morgan fingerprint density at radius 2 is 1.82 bits per heavy atom. The largest absolute Gasteiger partial charge is 0.478 e. The molecule has 0 aliphatic rings. The van der Waals surface area contributed by atoms with Crippen LogP contribution in [0.1, 0.15) is 27.6 Å². The molecule has 0 amide bonds. The highest BCUT2D eigenvalue weighted by Crippen LogP contribution is 2.21. The molecule has 3 aromatic rings. The molecule has 3 rings (SSSR count). The molecule has 0 spiro atoms. The van der Waals surface area contributed by atoms with Gasteiger partial charge in [-0.3, -0.25) is 0 Å². The number of ether oxygens (including phenoxy) is 1. The molecular weight excluding hydrogens is 491 g/mol. The van der Waals surface area contributed by atoms with Crippen molar-refractivity contribution in [2.45, 2.75) is 18.6 Å². The first-order valence-electron chi connectivity index (χ1n) is 9.68. The predicted molar refractivity (Wildman–Crippen MR) is 131 cm³/mol. The minimum atomic E-state index is -1.05. The predicted octanol–water partition coefficient (Wildman–Crippen LogP) is 4.30. The second-order valence-electron chi connectivity index (χ2n) is 7.00. The average molecular weight is 516 g/mol. The average Bonchev–Trinajstić information content (AvgIpc) is 2.78. The maximum atomic E-state index is 10.9. The summed E-state index contributed by atoms with van der Waals surface area (Å²) in [5.41, 5.74) is 1.78. The molecule has 7 nitrogen and oxygen atoms in total. The van der Waals surface area contributed by atoms with Gasteiger partial charge in [-0.25, -0.2) is 9.78 Å². The smallest absolute Gasteiger partial charge is 0.337 e. The summed E-state index contributed by atoms with van der Waals surface area (Å²) in [6.07, 6.45) is 1.06. The number of carboxylic acids is 1. The highest BCUT2D eigenvalue weighted by Gasteiger charge is 2.13. The van der Waals surface area contributed by atoms with Crippen LogP contribution in [0.4, 0.5) is 0 Å². The van der Waals surface area contributed by atoms with E-state index in [-0.39, 0.29) is 49.6 Å².